The van der Waals surface area contributed by atoms with E-state index in [0.717, 1.165) is 19.3 Å². The molecule has 0 aliphatic heterocycles. The number of ether oxygens (including phenoxy) is 1. The van der Waals surface area contributed by atoms with E-state index in [1.165, 1.54) is 0 Å². The van der Waals surface area contributed by atoms with Crippen LogP contribution in [-0.4, -0.2) is 24.6 Å². The zero-order valence-corrected chi connectivity index (χ0v) is 10.8. The second-order valence-electron chi connectivity index (χ2n) is 4.58. The maximum absolute atomic E-state index is 11.6. The monoisotopic (exact) mass is 268 g/mol. The van der Waals surface area contributed by atoms with Crippen LogP contribution in [0, 0.1) is 0 Å². The van der Waals surface area contributed by atoms with Crippen LogP contribution in [0.15, 0.2) is 24.3 Å². The summed E-state index contributed by atoms with van der Waals surface area (Å²) < 4.78 is 5.36. The number of carbonyl (C=O) groups is 1. The third-order valence-electron chi connectivity index (χ3n) is 3.02. The highest BCUT2D eigenvalue weighted by molar-refractivity contribution is 6.30. The minimum atomic E-state index is -0.107. The van der Waals surface area contributed by atoms with Crippen molar-refractivity contribution in [2.75, 3.05) is 6.61 Å². The predicted octanol–water partition coefficient (Wildman–Crippen LogP) is 1.71. The summed E-state index contributed by atoms with van der Waals surface area (Å²) in [6.45, 7) is 0.0212. The number of halogens is 1. The first-order chi connectivity index (χ1) is 8.63. The van der Waals surface area contributed by atoms with Crippen LogP contribution in [-0.2, 0) is 4.79 Å². The number of nitrogens with one attached hydrogen (secondary N) is 1. The minimum absolute atomic E-state index is 0.0212. The van der Waals surface area contributed by atoms with E-state index >= 15 is 0 Å². The molecule has 1 aromatic rings. The number of hydrogen-bond donors (Lipinski definition) is 2. The fourth-order valence-corrected chi connectivity index (χ4v) is 2.22. The molecular weight excluding hydrogens is 252 g/mol. The summed E-state index contributed by atoms with van der Waals surface area (Å²) in [6.07, 6.45) is 2.78. The average Bonchev–Trinajstić information content (AvgIpc) is 2.74. The summed E-state index contributed by atoms with van der Waals surface area (Å²) in [4.78, 5) is 11.6. The Kier molecular flexibility index (Phi) is 4.44. The van der Waals surface area contributed by atoms with Crippen LogP contribution in [0.5, 0.6) is 5.75 Å². The highest BCUT2D eigenvalue weighted by Crippen LogP contribution is 2.17. The van der Waals surface area contributed by atoms with Crippen molar-refractivity contribution in [2.45, 2.75) is 31.3 Å². The van der Waals surface area contributed by atoms with Crippen LogP contribution in [0.3, 0.4) is 0 Å². The molecule has 1 aliphatic carbocycles. The van der Waals surface area contributed by atoms with E-state index in [-0.39, 0.29) is 24.6 Å². The Bertz CT molecular complexity index is 408. The van der Waals surface area contributed by atoms with Gasteiger partial charge in [0.05, 0.1) is 0 Å². The number of amides is 1. The molecule has 0 heterocycles. The fraction of sp³-hybridized carbons (Fsp3) is 0.462. The van der Waals surface area contributed by atoms with Crippen molar-refractivity contribution in [1.29, 1.82) is 0 Å². The quantitative estimate of drug-likeness (QED) is 0.874. The van der Waals surface area contributed by atoms with E-state index in [9.17, 15) is 4.79 Å². The van der Waals surface area contributed by atoms with Gasteiger partial charge in [-0.2, -0.15) is 0 Å². The van der Waals surface area contributed by atoms with Crippen LogP contribution >= 0.6 is 11.6 Å². The van der Waals surface area contributed by atoms with Gasteiger partial charge in [-0.3, -0.25) is 4.79 Å². The molecule has 2 rings (SSSR count). The predicted molar refractivity (Wildman–Crippen MR) is 70.7 cm³/mol. The third kappa shape index (κ3) is 3.89. The fourth-order valence-electron chi connectivity index (χ4n) is 2.10. The van der Waals surface area contributed by atoms with Crippen molar-refractivity contribution < 1.29 is 9.53 Å². The van der Waals surface area contributed by atoms with E-state index in [4.69, 9.17) is 22.1 Å². The van der Waals surface area contributed by atoms with Crippen molar-refractivity contribution in [3.05, 3.63) is 29.3 Å². The highest BCUT2D eigenvalue weighted by Gasteiger charge is 2.22. The lowest BCUT2D eigenvalue weighted by Gasteiger charge is -2.12. The first-order valence-corrected chi connectivity index (χ1v) is 6.44. The number of rotatable bonds is 4. The topological polar surface area (TPSA) is 64.3 Å². The van der Waals surface area contributed by atoms with Gasteiger partial charge in [-0.25, -0.2) is 0 Å². The van der Waals surface area contributed by atoms with Crippen molar-refractivity contribution in [1.82, 2.24) is 5.32 Å². The third-order valence-corrected chi connectivity index (χ3v) is 3.27. The Labute approximate surface area is 111 Å². The molecule has 1 saturated carbocycles. The number of hydrogen-bond acceptors (Lipinski definition) is 3. The lowest BCUT2D eigenvalue weighted by molar-refractivity contribution is -0.123. The first kappa shape index (κ1) is 13.2. The van der Waals surface area contributed by atoms with Gasteiger partial charge in [0.1, 0.15) is 5.75 Å². The molecule has 0 radical (unpaired) electrons. The van der Waals surface area contributed by atoms with Crippen molar-refractivity contribution in [2.24, 2.45) is 5.73 Å². The standard InChI is InChI=1S/C13H17ClN2O2/c14-9-1-5-12(6-2-9)18-8-13(17)16-11-4-3-10(15)7-11/h1-2,5-6,10-11H,3-4,7-8,15H2,(H,16,17). The van der Waals surface area contributed by atoms with Crippen LogP contribution in [0.25, 0.3) is 0 Å². The van der Waals surface area contributed by atoms with Gasteiger partial charge in [0.2, 0.25) is 0 Å². The Balaban J connectivity index is 1.73. The lowest BCUT2D eigenvalue weighted by Crippen LogP contribution is -2.37. The van der Waals surface area contributed by atoms with Crippen molar-refractivity contribution in [3.8, 4) is 5.75 Å². The molecule has 4 nitrogen and oxygen atoms in total. The number of benzene rings is 1. The largest absolute Gasteiger partial charge is 0.484 e. The average molecular weight is 269 g/mol. The van der Waals surface area contributed by atoms with E-state index in [2.05, 4.69) is 5.32 Å². The van der Waals surface area contributed by atoms with Gasteiger partial charge in [-0.05, 0) is 43.5 Å². The summed E-state index contributed by atoms with van der Waals surface area (Å²) >= 11 is 5.75. The Morgan fingerprint density at radius 2 is 2.11 bits per heavy atom. The summed E-state index contributed by atoms with van der Waals surface area (Å²) in [5, 5.41) is 3.57. The first-order valence-electron chi connectivity index (χ1n) is 6.07. The second kappa shape index (κ2) is 6.07. The Morgan fingerprint density at radius 3 is 2.72 bits per heavy atom. The van der Waals surface area contributed by atoms with Crippen LogP contribution in [0.4, 0.5) is 0 Å². The molecule has 0 spiro atoms. The van der Waals surface area contributed by atoms with E-state index in [1.807, 2.05) is 0 Å². The molecule has 1 aromatic carbocycles. The van der Waals surface area contributed by atoms with Gasteiger partial charge in [0.25, 0.3) is 5.91 Å². The molecule has 1 aliphatic rings. The van der Waals surface area contributed by atoms with Crippen molar-refractivity contribution in [3.63, 3.8) is 0 Å². The van der Waals surface area contributed by atoms with E-state index < -0.39 is 0 Å². The van der Waals surface area contributed by atoms with Crippen molar-refractivity contribution >= 4 is 17.5 Å². The van der Waals surface area contributed by atoms with Crippen LogP contribution < -0.4 is 15.8 Å². The smallest absolute Gasteiger partial charge is 0.258 e. The maximum atomic E-state index is 11.6. The number of nitrogens with two attached hydrogens (primary N) is 1. The van der Waals surface area contributed by atoms with Gasteiger partial charge in [-0.15, -0.1) is 0 Å². The number of carbonyl (C=O) groups excluding carboxylic acids is 1. The highest BCUT2D eigenvalue weighted by atomic mass is 35.5. The molecule has 3 N–H and O–H groups in total. The van der Waals surface area contributed by atoms with Crippen LogP contribution in [0.1, 0.15) is 19.3 Å². The van der Waals surface area contributed by atoms with E-state index in [1.54, 1.807) is 24.3 Å². The van der Waals surface area contributed by atoms with Gasteiger partial charge in [0.15, 0.2) is 6.61 Å². The summed E-state index contributed by atoms with van der Waals surface area (Å²) in [6, 6.07) is 7.34. The SMILES string of the molecule is NC1CCC(NC(=O)COc2ccc(Cl)cc2)C1. The molecule has 5 heteroatoms. The molecule has 1 amide bonds. The zero-order chi connectivity index (χ0) is 13.0. The van der Waals surface area contributed by atoms with Crippen LogP contribution in [0.2, 0.25) is 5.02 Å². The van der Waals surface area contributed by atoms with E-state index in [0.29, 0.717) is 10.8 Å². The molecule has 98 valence electrons. The van der Waals surface area contributed by atoms with Gasteiger partial charge in [0, 0.05) is 17.1 Å². The molecule has 1 fully saturated rings. The summed E-state index contributed by atoms with van der Waals surface area (Å²) in [7, 11) is 0. The van der Waals surface area contributed by atoms with Gasteiger partial charge in [-0.1, -0.05) is 11.6 Å². The van der Waals surface area contributed by atoms with Gasteiger partial charge < -0.3 is 15.8 Å². The molecule has 0 saturated heterocycles. The Hall–Kier alpha value is -1.26. The molecule has 0 aromatic heterocycles. The lowest BCUT2D eigenvalue weighted by atomic mass is 10.2. The zero-order valence-electron chi connectivity index (χ0n) is 10.1. The molecule has 18 heavy (non-hydrogen) atoms. The molecule has 2 atom stereocenters. The summed E-state index contributed by atoms with van der Waals surface area (Å²) in [5.74, 6) is 0.529. The molecule has 2 unspecified atom stereocenters. The molecular formula is C13H17ClN2O2. The van der Waals surface area contributed by atoms with Gasteiger partial charge >= 0.3 is 0 Å². The Morgan fingerprint density at radius 1 is 1.39 bits per heavy atom. The minimum Gasteiger partial charge on any atom is -0.484 e. The maximum Gasteiger partial charge on any atom is 0.258 e. The normalized spacial score (nSPS) is 22.8. The second-order valence-corrected chi connectivity index (χ2v) is 5.02. The summed E-state index contributed by atoms with van der Waals surface area (Å²) in [5.41, 5.74) is 5.78. The molecule has 0 bridgehead atoms.